The van der Waals surface area contributed by atoms with Crippen molar-refractivity contribution in [2.75, 3.05) is 26.7 Å². The summed E-state index contributed by atoms with van der Waals surface area (Å²) in [6.45, 7) is 5.65. The highest BCUT2D eigenvalue weighted by Crippen LogP contribution is 2.25. The van der Waals surface area contributed by atoms with Crippen molar-refractivity contribution in [3.05, 3.63) is 11.4 Å². The molecule has 1 aliphatic heterocycles. The second-order valence-electron chi connectivity index (χ2n) is 5.24. The van der Waals surface area contributed by atoms with E-state index >= 15 is 0 Å². The van der Waals surface area contributed by atoms with Gasteiger partial charge in [0.1, 0.15) is 4.90 Å². The Morgan fingerprint density at radius 2 is 2.29 bits per heavy atom. The standard InChI is InChI=1S/C13H24N4O3S/c1-4-20-11-6-5-7-17(9-11)21(18,19)13-10(2)15-16-12(13)8-14-3/h11,14H,4-9H2,1-3H3,(H,15,16). The second kappa shape index (κ2) is 6.87. The average Bonchev–Trinajstić information content (AvgIpc) is 2.82. The number of ether oxygens (including phenoxy) is 1. The number of hydrogen-bond acceptors (Lipinski definition) is 5. The average molecular weight is 316 g/mol. The second-order valence-corrected chi connectivity index (χ2v) is 7.11. The maximum Gasteiger partial charge on any atom is 0.246 e. The SMILES string of the molecule is CCOC1CCCN(S(=O)(=O)c2c(CNC)n[nH]c2C)C1. The number of nitrogens with one attached hydrogen (secondary N) is 2. The molecule has 1 unspecified atom stereocenters. The summed E-state index contributed by atoms with van der Waals surface area (Å²) in [5.74, 6) is 0. The number of hydrogen-bond donors (Lipinski definition) is 2. The molecular weight excluding hydrogens is 292 g/mol. The third-order valence-corrected chi connectivity index (χ3v) is 5.72. The molecule has 1 aromatic rings. The molecule has 0 spiro atoms. The van der Waals surface area contributed by atoms with E-state index in [0.29, 0.717) is 42.5 Å². The zero-order valence-corrected chi connectivity index (χ0v) is 13.7. The lowest BCUT2D eigenvalue weighted by Crippen LogP contribution is -2.43. The number of aromatic amines is 1. The van der Waals surface area contributed by atoms with Gasteiger partial charge in [-0.3, -0.25) is 5.10 Å². The van der Waals surface area contributed by atoms with E-state index in [2.05, 4.69) is 15.5 Å². The van der Waals surface area contributed by atoms with Crippen LogP contribution in [0.2, 0.25) is 0 Å². The van der Waals surface area contributed by atoms with Crippen LogP contribution in [0.25, 0.3) is 0 Å². The van der Waals surface area contributed by atoms with Crippen molar-refractivity contribution in [2.45, 2.75) is 44.2 Å². The molecule has 2 N–H and O–H groups in total. The van der Waals surface area contributed by atoms with Crippen molar-refractivity contribution in [1.29, 1.82) is 0 Å². The molecule has 0 bridgehead atoms. The van der Waals surface area contributed by atoms with Crippen molar-refractivity contribution in [2.24, 2.45) is 0 Å². The van der Waals surface area contributed by atoms with Gasteiger partial charge in [0.15, 0.2) is 0 Å². The van der Waals surface area contributed by atoms with Crippen molar-refractivity contribution in [1.82, 2.24) is 19.8 Å². The van der Waals surface area contributed by atoms with E-state index in [1.54, 1.807) is 14.0 Å². The van der Waals surface area contributed by atoms with E-state index in [4.69, 9.17) is 4.74 Å². The molecule has 0 saturated carbocycles. The Morgan fingerprint density at radius 1 is 1.52 bits per heavy atom. The van der Waals surface area contributed by atoms with Gasteiger partial charge < -0.3 is 10.1 Å². The summed E-state index contributed by atoms with van der Waals surface area (Å²) < 4.78 is 32.9. The molecule has 1 fully saturated rings. The van der Waals surface area contributed by atoms with Crippen LogP contribution in [-0.4, -0.2) is 55.8 Å². The quantitative estimate of drug-likeness (QED) is 0.803. The molecule has 120 valence electrons. The summed E-state index contributed by atoms with van der Waals surface area (Å²) in [5, 5.41) is 9.83. The normalized spacial score (nSPS) is 20.8. The number of H-pyrrole nitrogens is 1. The van der Waals surface area contributed by atoms with Gasteiger partial charge in [-0.25, -0.2) is 8.42 Å². The van der Waals surface area contributed by atoms with Crippen LogP contribution in [0.1, 0.15) is 31.2 Å². The molecule has 21 heavy (non-hydrogen) atoms. The largest absolute Gasteiger partial charge is 0.377 e. The molecule has 1 aromatic heterocycles. The van der Waals surface area contributed by atoms with Gasteiger partial charge in [-0.2, -0.15) is 9.40 Å². The monoisotopic (exact) mass is 316 g/mol. The fourth-order valence-corrected chi connectivity index (χ4v) is 4.56. The first-order valence-electron chi connectivity index (χ1n) is 7.30. The third-order valence-electron chi connectivity index (χ3n) is 3.65. The lowest BCUT2D eigenvalue weighted by molar-refractivity contribution is 0.0265. The van der Waals surface area contributed by atoms with Gasteiger partial charge in [0, 0.05) is 26.2 Å². The van der Waals surface area contributed by atoms with Gasteiger partial charge in [-0.05, 0) is 33.7 Å². The molecule has 7 nitrogen and oxygen atoms in total. The number of piperidine rings is 1. The highest BCUT2D eigenvalue weighted by molar-refractivity contribution is 7.89. The zero-order chi connectivity index (χ0) is 15.5. The lowest BCUT2D eigenvalue weighted by atomic mass is 10.1. The molecule has 0 aliphatic carbocycles. The van der Waals surface area contributed by atoms with Gasteiger partial charge in [-0.1, -0.05) is 0 Å². The molecule has 0 aromatic carbocycles. The Balaban J connectivity index is 2.27. The van der Waals surface area contributed by atoms with Gasteiger partial charge >= 0.3 is 0 Å². The van der Waals surface area contributed by atoms with Crippen LogP contribution < -0.4 is 5.32 Å². The fourth-order valence-electron chi connectivity index (χ4n) is 2.72. The lowest BCUT2D eigenvalue weighted by Gasteiger charge is -2.31. The van der Waals surface area contributed by atoms with E-state index in [1.807, 2.05) is 6.92 Å². The Kier molecular flexibility index (Phi) is 5.37. The Labute approximate surface area is 126 Å². The Hall–Kier alpha value is -0.960. The number of aryl methyl sites for hydroxylation is 1. The van der Waals surface area contributed by atoms with Crippen LogP contribution in [0.4, 0.5) is 0 Å². The number of rotatable bonds is 6. The van der Waals surface area contributed by atoms with Crippen molar-refractivity contribution in [3.8, 4) is 0 Å². The summed E-state index contributed by atoms with van der Waals surface area (Å²) in [5.41, 5.74) is 1.12. The van der Waals surface area contributed by atoms with E-state index < -0.39 is 10.0 Å². The van der Waals surface area contributed by atoms with Crippen LogP contribution in [-0.2, 0) is 21.3 Å². The maximum absolute atomic E-state index is 12.9. The summed E-state index contributed by atoms with van der Waals surface area (Å²) in [4.78, 5) is 0.300. The molecule has 1 atom stereocenters. The van der Waals surface area contributed by atoms with Crippen LogP contribution in [0.3, 0.4) is 0 Å². The molecular formula is C13H24N4O3S. The fraction of sp³-hybridized carbons (Fsp3) is 0.769. The van der Waals surface area contributed by atoms with E-state index in [1.165, 1.54) is 4.31 Å². The van der Waals surface area contributed by atoms with Crippen LogP contribution in [0.5, 0.6) is 0 Å². The smallest absolute Gasteiger partial charge is 0.246 e. The third kappa shape index (κ3) is 3.45. The summed E-state index contributed by atoms with van der Waals surface area (Å²) in [6.07, 6.45) is 1.72. The molecule has 2 rings (SSSR count). The predicted molar refractivity (Wildman–Crippen MR) is 79.5 cm³/mol. The minimum atomic E-state index is -3.53. The van der Waals surface area contributed by atoms with Crippen molar-refractivity contribution in [3.63, 3.8) is 0 Å². The molecule has 2 heterocycles. The summed E-state index contributed by atoms with van der Waals surface area (Å²) in [6, 6.07) is 0. The first-order chi connectivity index (χ1) is 10.0. The molecule has 1 aliphatic rings. The van der Waals surface area contributed by atoms with E-state index in [9.17, 15) is 8.42 Å². The van der Waals surface area contributed by atoms with Gasteiger partial charge in [0.05, 0.1) is 17.5 Å². The Bertz CT molecular complexity index is 568. The zero-order valence-electron chi connectivity index (χ0n) is 12.8. The first kappa shape index (κ1) is 16.4. The number of nitrogens with zero attached hydrogens (tertiary/aromatic N) is 2. The minimum absolute atomic E-state index is 0.0153. The molecule has 0 amide bonds. The molecule has 8 heteroatoms. The highest BCUT2D eigenvalue weighted by atomic mass is 32.2. The minimum Gasteiger partial charge on any atom is -0.377 e. The topological polar surface area (TPSA) is 87.3 Å². The van der Waals surface area contributed by atoms with E-state index in [-0.39, 0.29) is 6.10 Å². The summed E-state index contributed by atoms with van der Waals surface area (Å²) >= 11 is 0. The van der Waals surface area contributed by atoms with Gasteiger partial charge in [0.2, 0.25) is 10.0 Å². The molecule has 0 radical (unpaired) electrons. The predicted octanol–water partition coefficient (Wildman–Crippen LogP) is 0.627. The van der Waals surface area contributed by atoms with Crippen LogP contribution in [0, 0.1) is 6.92 Å². The van der Waals surface area contributed by atoms with Gasteiger partial charge in [0.25, 0.3) is 0 Å². The van der Waals surface area contributed by atoms with Crippen LogP contribution >= 0.6 is 0 Å². The summed E-state index contributed by atoms with van der Waals surface area (Å²) in [7, 11) is -1.76. The van der Waals surface area contributed by atoms with Gasteiger partial charge in [-0.15, -0.1) is 0 Å². The Morgan fingerprint density at radius 3 is 2.95 bits per heavy atom. The van der Waals surface area contributed by atoms with E-state index in [0.717, 1.165) is 12.8 Å². The number of sulfonamides is 1. The highest BCUT2D eigenvalue weighted by Gasteiger charge is 2.34. The maximum atomic E-state index is 12.9. The number of aromatic nitrogens is 2. The van der Waals surface area contributed by atoms with Crippen LogP contribution in [0.15, 0.2) is 4.90 Å². The van der Waals surface area contributed by atoms with Crippen molar-refractivity contribution < 1.29 is 13.2 Å². The first-order valence-corrected chi connectivity index (χ1v) is 8.74. The molecule has 1 saturated heterocycles. The van der Waals surface area contributed by atoms with Crippen molar-refractivity contribution >= 4 is 10.0 Å².